The predicted molar refractivity (Wildman–Crippen MR) is 261 cm³/mol. The molecule has 0 aromatic heterocycles. The molecule has 0 aromatic carbocycles. The van der Waals surface area contributed by atoms with Crippen LogP contribution < -0.4 is 0 Å². The van der Waals surface area contributed by atoms with Crippen LogP contribution >= 0.6 is 0 Å². The first-order chi connectivity index (χ1) is 30.0. The highest BCUT2D eigenvalue weighted by atomic mass is 16.6. The average Bonchev–Trinajstić information content (AvgIpc) is 3.26. The zero-order chi connectivity index (χ0) is 44.4. The molecule has 0 rings (SSSR count). The number of rotatable bonds is 45. The van der Waals surface area contributed by atoms with E-state index >= 15 is 0 Å². The van der Waals surface area contributed by atoms with Gasteiger partial charge in [-0.05, 0) is 109 Å². The van der Waals surface area contributed by atoms with Crippen LogP contribution in [0.4, 0.5) is 0 Å². The molecular weight excluding hydrogens is 757 g/mol. The van der Waals surface area contributed by atoms with Gasteiger partial charge in [0, 0.05) is 19.3 Å². The molecule has 61 heavy (non-hydrogen) atoms. The van der Waals surface area contributed by atoms with E-state index in [2.05, 4.69) is 93.7 Å². The highest BCUT2D eigenvalue weighted by Crippen LogP contribution is 2.13. The molecule has 0 unspecified atom stereocenters. The number of hydrogen-bond donors (Lipinski definition) is 0. The van der Waals surface area contributed by atoms with Gasteiger partial charge in [0.15, 0.2) is 6.10 Å². The molecule has 6 heteroatoms. The van der Waals surface area contributed by atoms with E-state index in [-0.39, 0.29) is 31.1 Å². The van der Waals surface area contributed by atoms with Gasteiger partial charge in [-0.1, -0.05) is 184 Å². The first-order valence-electron chi connectivity index (χ1n) is 25.4. The molecule has 0 saturated heterocycles. The fourth-order valence-electron chi connectivity index (χ4n) is 6.75. The largest absolute Gasteiger partial charge is 0.462 e. The Hall–Kier alpha value is -3.15. The van der Waals surface area contributed by atoms with Crippen molar-refractivity contribution >= 4 is 17.9 Å². The van der Waals surface area contributed by atoms with E-state index in [1.165, 1.54) is 96.3 Å². The van der Waals surface area contributed by atoms with Crippen LogP contribution in [-0.4, -0.2) is 37.2 Å². The van der Waals surface area contributed by atoms with Crippen LogP contribution in [0.2, 0.25) is 0 Å². The Bertz CT molecular complexity index is 1160. The second-order valence-electron chi connectivity index (χ2n) is 16.7. The molecule has 0 amide bonds. The van der Waals surface area contributed by atoms with Gasteiger partial charge in [-0.2, -0.15) is 0 Å². The van der Waals surface area contributed by atoms with Crippen LogP contribution in [0.15, 0.2) is 72.9 Å². The first-order valence-corrected chi connectivity index (χ1v) is 25.4. The number of hydrogen-bond acceptors (Lipinski definition) is 6. The molecule has 0 saturated carbocycles. The number of carbonyl (C=O) groups is 3. The van der Waals surface area contributed by atoms with Gasteiger partial charge < -0.3 is 14.2 Å². The molecule has 0 aliphatic heterocycles. The summed E-state index contributed by atoms with van der Waals surface area (Å²) >= 11 is 0. The molecule has 6 nitrogen and oxygen atoms in total. The fraction of sp³-hybridized carbons (Fsp3) is 0.727. The molecular formula is C55H94O6. The topological polar surface area (TPSA) is 78.9 Å². The van der Waals surface area contributed by atoms with E-state index in [1.807, 2.05) is 0 Å². The number of unbranched alkanes of at least 4 members (excludes halogenated alkanes) is 22. The zero-order valence-electron chi connectivity index (χ0n) is 39.9. The molecule has 1 atom stereocenters. The van der Waals surface area contributed by atoms with Crippen molar-refractivity contribution in [3.05, 3.63) is 72.9 Å². The lowest BCUT2D eigenvalue weighted by Gasteiger charge is -2.18. The summed E-state index contributed by atoms with van der Waals surface area (Å²) in [6.45, 7) is 6.50. The van der Waals surface area contributed by atoms with Gasteiger partial charge in [0.2, 0.25) is 0 Å². The highest BCUT2D eigenvalue weighted by molar-refractivity contribution is 5.71. The van der Waals surface area contributed by atoms with Gasteiger partial charge >= 0.3 is 17.9 Å². The van der Waals surface area contributed by atoms with Crippen LogP contribution in [0.3, 0.4) is 0 Å². The summed E-state index contributed by atoms with van der Waals surface area (Å²) in [6.07, 6.45) is 61.6. The third-order valence-electron chi connectivity index (χ3n) is 10.7. The monoisotopic (exact) mass is 851 g/mol. The Morgan fingerprint density at radius 3 is 1.05 bits per heavy atom. The Morgan fingerprint density at radius 1 is 0.328 bits per heavy atom. The van der Waals surface area contributed by atoms with Gasteiger partial charge in [-0.3, -0.25) is 14.4 Å². The van der Waals surface area contributed by atoms with Crippen molar-refractivity contribution in [2.75, 3.05) is 13.2 Å². The molecule has 350 valence electrons. The molecule has 0 spiro atoms. The summed E-state index contributed by atoms with van der Waals surface area (Å²) in [5, 5.41) is 0. The number of esters is 3. The Morgan fingerprint density at radius 2 is 0.607 bits per heavy atom. The van der Waals surface area contributed by atoms with Gasteiger partial charge in [0.05, 0.1) is 0 Å². The summed E-state index contributed by atoms with van der Waals surface area (Å²) in [7, 11) is 0. The van der Waals surface area contributed by atoms with E-state index in [4.69, 9.17) is 14.2 Å². The van der Waals surface area contributed by atoms with Crippen LogP contribution in [0.5, 0.6) is 0 Å². The van der Waals surface area contributed by atoms with Gasteiger partial charge in [0.25, 0.3) is 0 Å². The minimum Gasteiger partial charge on any atom is -0.462 e. The maximum atomic E-state index is 12.8. The van der Waals surface area contributed by atoms with Crippen LogP contribution in [0, 0.1) is 0 Å². The summed E-state index contributed by atoms with van der Waals surface area (Å²) in [6, 6.07) is 0. The van der Waals surface area contributed by atoms with E-state index in [1.54, 1.807) is 0 Å². The normalized spacial score (nSPS) is 12.6. The molecule has 0 aliphatic rings. The summed E-state index contributed by atoms with van der Waals surface area (Å²) in [5.74, 6) is -0.960. The van der Waals surface area contributed by atoms with E-state index in [0.29, 0.717) is 19.3 Å². The minimum absolute atomic E-state index is 0.0979. The second kappa shape index (κ2) is 49.5. The summed E-state index contributed by atoms with van der Waals surface area (Å²) in [5.41, 5.74) is 0. The van der Waals surface area contributed by atoms with Crippen molar-refractivity contribution in [3.63, 3.8) is 0 Å². The van der Waals surface area contributed by atoms with Gasteiger partial charge in [-0.25, -0.2) is 0 Å². The molecule has 0 N–H and O–H groups in total. The number of carbonyl (C=O) groups excluding carboxylic acids is 3. The Balaban J connectivity index is 4.48. The SMILES string of the molecule is CCCC/C=C\C/C=C\CCCCCCCC(=O)O[C@@H](COC(=O)CCCC/C=C\C/C=C\C/C=C\CCCCC)COC(=O)CCCCCCC/C=C\CCCCCCC. The van der Waals surface area contributed by atoms with E-state index in [9.17, 15) is 14.4 Å². The molecule has 0 heterocycles. The molecule has 0 bridgehead atoms. The van der Waals surface area contributed by atoms with Crippen LogP contribution in [-0.2, 0) is 28.6 Å². The molecule has 0 aliphatic carbocycles. The molecule has 0 fully saturated rings. The highest BCUT2D eigenvalue weighted by Gasteiger charge is 2.19. The Kier molecular flexibility index (Phi) is 46.9. The Labute approximate surface area is 376 Å². The number of ether oxygens (including phenoxy) is 3. The zero-order valence-corrected chi connectivity index (χ0v) is 39.9. The lowest BCUT2D eigenvalue weighted by molar-refractivity contribution is -0.167. The third kappa shape index (κ3) is 47.7. The smallest absolute Gasteiger partial charge is 0.306 e. The standard InChI is InChI=1S/C55H94O6/c1-4-7-10-13-16-19-22-25-28-31-33-36-39-42-45-48-54(57)60-51-52(61-55(58)49-46-43-40-37-34-30-27-24-21-18-15-12-9-6-3)50-59-53(56)47-44-41-38-35-32-29-26-23-20-17-14-11-8-5-2/h15-16,18-19,23-28,33,36,52H,4-14,17,20-22,29-32,34-35,37-51H2,1-3H3/b18-15-,19-16-,26-23-,27-24-,28-25-,36-33-/t52-/m1/s1. The van der Waals surface area contributed by atoms with Crippen LogP contribution in [0.25, 0.3) is 0 Å². The maximum absolute atomic E-state index is 12.8. The van der Waals surface area contributed by atoms with E-state index < -0.39 is 6.10 Å². The minimum atomic E-state index is -0.800. The van der Waals surface area contributed by atoms with Gasteiger partial charge in [0.1, 0.15) is 13.2 Å². The van der Waals surface area contributed by atoms with Crippen molar-refractivity contribution in [1.82, 2.24) is 0 Å². The predicted octanol–water partition coefficient (Wildman–Crippen LogP) is 16.6. The van der Waals surface area contributed by atoms with E-state index in [0.717, 1.165) is 103 Å². The average molecular weight is 851 g/mol. The molecule has 0 aromatic rings. The fourth-order valence-corrected chi connectivity index (χ4v) is 6.75. The summed E-state index contributed by atoms with van der Waals surface area (Å²) < 4.78 is 16.7. The van der Waals surface area contributed by atoms with Crippen LogP contribution in [0.1, 0.15) is 239 Å². The number of allylic oxidation sites excluding steroid dienone is 12. The van der Waals surface area contributed by atoms with Gasteiger partial charge in [-0.15, -0.1) is 0 Å². The third-order valence-corrected chi connectivity index (χ3v) is 10.7. The van der Waals surface area contributed by atoms with Crippen molar-refractivity contribution in [3.8, 4) is 0 Å². The van der Waals surface area contributed by atoms with Crippen molar-refractivity contribution in [2.24, 2.45) is 0 Å². The quantitative estimate of drug-likeness (QED) is 0.0263. The molecule has 0 radical (unpaired) electrons. The summed E-state index contributed by atoms with van der Waals surface area (Å²) in [4.78, 5) is 37.9. The lowest BCUT2D eigenvalue weighted by Crippen LogP contribution is -2.30. The van der Waals surface area contributed by atoms with Crippen molar-refractivity contribution in [1.29, 1.82) is 0 Å². The first kappa shape index (κ1) is 57.9. The maximum Gasteiger partial charge on any atom is 0.306 e. The second-order valence-corrected chi connectivity index (χ2v) is 16.7. The van der Waals surface area contributed by atoms with Crippen molar-refractivity contribution < 1.29 is 28.6 Å². The lowest BCUT2D eigenvalue weighted by atomic mass is 10.1. The van der Waals surface area contributed by atoms with Crippen molar-refractivity contribution in [2.45, 2.75) is 245 Å².